The molecular formula is C5H8N2O2. The van der Waals surface area contributed by atoms with Crippen LogP contribution in [-0.4, -0.2) is 24.3 Å². The van der Waals surface area contributed by atoms with Crippen LogP contribution in [0, 0.1) is 0 Å². The van der Waals surface area contributed by atoms with Gasteiger partial charge in [0.2, 0.25) is 5.91 Å². The molecule has 1 atom stereocenters. The highest BCUT2D eigenvalue weighted by Crippen LogP contribution is 1.94. The van der Waals surface area contributed by atoms with E-state index < -0.39 is 6.04 Å². The van der Waals surface area contributed by atoms with Crippen molar-refractivity contribution in [3.05, 3.63) is 0 Å². The second-order valence-electron chi connectivity index (χ2n) is 2.07. The van der Waals surface area contributed by atoms with Gasteiger partial charge < -0.3 is 11.1 Å². The summed E-state index contributed by atoms with van der Waals surface area (Å²) in [6.45, 7) is 0.145. The fraction of sp³-hybridized carbons (Fsp3) is 0.600. The molecule has 1 heterocycles. The molecule has 1 unspecified atom stereocenters. The lowest BCUT2D eigenvalue weighted by atomic mass is 10.1. The number of amides is 1. The molecule has 1 amide bonds. The van der Waals surface area contributed by atoms with Crippen molar-refractivity contribution in [2.24, 2.45) is 5.73 Å². The van der Waals surface area contributed by atoms with E-state index in [1.807, 2.05) is 0 Å². The molecule has 0 aromatic rings. The molecule has 0 spiro atoms. The average Bonchev–Trinajstić information content (AvgIpc) is 1.80. The molecule has 0 aromatic carbocycles. The molecule has 4 heteroatoms. The summed E-state index contributed by atoms with van der Waals surface area (Å²) >= 11 is 0. The number of Topliss-reactive ketones (excluding diaryl/α,β-unsaturated/α-hetero) is 1. The highest BCUT2D eigenvalue weighted by Gasteiger charge is 2.22. The molecule has 1 aliphatic heterocycles. The van der Waals surface area contributed by atoms with Crippen LogP contribution in [0.25, 0.3) is 0 Å². The number of nitrogens with two attached hydrogens (primary N) is 1. The van der Waals surface area contributed by atoms with Gasteiger partial charge in [-0.2, -0.15) is 0 Å². The third kappa shape index (κ3) is 1.26. The zero-order chi connectivity index (χ0) is 6.85. The molecule has 0 bridgehead atoms. The van der Waals surface area contributed by atoms with E-state index in [-0.39, 0.29) is 24.7 Å². The van der Waals surface area contributed by atoms with E-state index in [2.05, 4.69) is 5.32 Å². The van der Waals surface area contributed by atoms with Crippen LogP contribution < -0.4 is 11.1 Å². The molecule has 1 rings (SSSR count). The summed E-state index contributed by atoms with van der Waals surface area (Å²) in [6.07, 6.45) is 0.186. The second kappa shape index (κ2) is 2.14. The Hall–Kier alpha value is -0.900. The summed E-state index contributed by atoms with van der Waals surface area (Å²) in [7, 11) is 0. The van der Waals surface area contributed by atoms with Crippen molar-refractivity contribution >= 4 is 11.7 Å². The molecule has 0 aliphatic carbocycles. The summed E-state index contributed by atoms with van der Waals surface area (Å²) in [4.78, 5) is 21.1. The van der Waals surface area contributed by atoms with Crippen molar-refractivity contribution in [2.45, 2.75) is 12.5 Å². The molecule has 0 saturated carbocycles. The summed E-state index contributed by atoms with van der Waals surface area (Å²) in [5.41, 5.74) is 5.24. The molecule has 1 saturated heterocycles. The van der Waals surface area contributed by atoms with Gasteiger partial charge in [0.25, 0.3) is 0 Å². The molecule has 0 aromatic heterocycles. The average molecular weight is 128 g/mol. The van der Waals surface area contributed by atoms with Crippen LogP contribution in [-0.2, 0) is 9.59 Å². The van der Waals surface area contributed by atoms with Crippen molar-refractivity contribution in [2.75, 3.05) is 6.54 Å². The monoisotopic (exact) mass is 128 g/mol. The molecule has 1 aliphatic rings. The topological polar surface area (TPSA) is 72.2 Å². The van der Waals surface area contributed by atoms with Crippen molar-refractivity contribution in [1.82, 2.24) is 5.32 Å². The summed E-state index contributed by atoms with van der Waals surface area (Å²) in [5, 5.41) is 2.37. The molecule has 50 valence electrons. The number of nitrogens with one attached hydrogen (secondary N) is 1. The fourth-order valence-corrected chi connectivity index (χ4v) is 0.727. The van der Waals surface area contributed by atoms with Crippen LogP contribution in [0.5, 0.6) is 0 Å². The number of hydrogen-bond donors (Lipinski definition) is 2. The maximum absolute atomic E-state index is 10.6. The van der Waals surface area contributed by atoms with Gasteiger partial charge in [0.05, 0.1) is 12.6 Å². The van der Waals surface area contributed by atoms with Crippen molar-refractivity contribution in [3.63, 3.8) is 0 Å². The van der Waals surface area contributed by atoms with Gasteiger partial charge in [-0.3, -0.25) is 9.59 Å². The molecule has 4 nitrogen and oxygen atoms in total. The van der Waals surface area contributed by atoms with Gasteiger partial charge in [-0.1, -0.05) is 0 Å². The van der Waals surface area contributed by atoms with E-state index in [4.69, 9.17) is 5.73 Å². The predicted octanol–water partition coefficient (Wildman–Crippen LogP) is -1.60. The zero-order valence-corrected chi connectivity index (χ0v) is 4.89. The van der Waals surface area contributed by atoms with E-state index in [0.717, 1.165) is 0 Å². The van der Waals surface area contributed by atoms with Gasteiger partial charge in [-0.05, 0) is 0 Å². The highest BCUT2D eigenvalue weighted by molar-refractivity contribution is 5.96. The van der Waals surface area contributed by atoms with Crippen LogP contribution in [0.2, 0.25) is 0 Å². The Labute approximate surface area is 52.4 Å². The highest BCUT2D eigenvalue weighted by atomic mass is 16.2. The number of carbonyl (C=O) groups excluding carboxylic acids is 2. The van der Waals surface area contributed by atoms with Crippen LogP contribution >= 0.6 is 0 Å². The Bertz CT molecular complexity index is 155. The van der Waals surface area contributed by atoms with Crippen molar-refractivity contribution < 1.29 is 9.59 Å². The summed E-state index contributed by atoms with van der Waals surface area (Å²) < 4.78 is 0. The number of rotatable bonds is 0. The minimum absolute atomic E-state index is 0.00194. The van der Waals surface area contributed by atoms with Crippen LogP contribution in [0.1, 0.15) is 6.42 Å². The lowest BCUT2D eigenvalue weighted by Gasteiger charge is -2.15. The first-order chi connectivity index (χ1) is 4.20. The number of piperidine rings is 1. The van der Waals surface area contributed by atoms with Crippen LogP contribution in [0.15, 0.2) is 0 Å². The molecule has 3 N–H and O–H groups in total. The Morgan fingerprint density at radius 1 is 1.56 bits per heavy atom. The third-order valence-electron chi connectivity index (χ3n) is 1.24. The first kappa shape index (κ1) is 6.22. The fourth-order valence-electron chi connectivity index (χ4n) is 0.727. The SMILES string of the molecule is NC1CC(=O)CNC1=O. The maximum Gasteiger partial charge on any atom is 0.237 e. The molecule has 0 radical (unpaired) electrons. The first-order valence-corrected chi connectivity index (χ1v) is 2.75. The Balaban J connectivity index is 2.54. The van der Waals surface area contributed by atoms with Crippen molar-refractivity contribution in [1.29, 1.82) is 0 Å². The Morgan fingerprint density at radius 3 is 2.67 bits per heavy atom. The standard InChI is InChI=1S/C5H8N2O2/c6-4-1-3(8)2-7-5(4)9/h4H,1-2,6H2,(H,7,9). The lowest BCUT2D eigenvalue weighted by Crippen LogP contribution is -2.49. The number of carbonyl (C=O) groups is 2. The molecule has 1 fully saturated rings. The Morgan fingerprint density at radius 2 is 2.22 bits per heavy atom. The van der Waals surface area contributed by atoms with E-state index in [0.29, 0.717) is 0 Å². The van der Waals surface area contributed by atoms with Gasteiger partial charge in [-0.25, -0.2) is 0 Å². The van der Waals surface area contributed by atoms with Gasteiger partial charge in [0.15, 0.2) is 5.78 Å². The van der Waals surface area contributed by atoms with Gasteiger partial charge in [0, 0.05) is 6.42 Å². The van der Waals surface area contributed by atoms with E-state index in [1.54, 1.807) is 0 Å². The molecule has 9 heavy (non-hydrogen) atoms. The number of ketones is 1. The van der Waals surface area contributed by atoms with Gasteiger partial charge >= 0.3 is 0 Å². The van der Waals surface area contributed by atoms with E-state index >= 15 is 0 Å². The minimum atomic E-state index is -0.619. The van der Waals surface area contributed by atoms with E-state index in [9.17, 15) is 9.59 Å². The quantitative estimate of drug-likeness (QED) is 0.413. The zero-order valence-electron chi connectivity index (χ0n) is 4.89. The molecular weight excluding hydrogens is 120 g/mol. The van der Waals surface area contributed by atoms with Gasteiger partial charge in [0.1, 0.15) is 0 Å². The van der Waals surface area contributed by atoms with E-state index in [1.165, 1.54) is 0 Å². The normalized spacial score (nSPS) is 27.9. The van der Waals surface area contributed by atoms with Gasteiger partial charge in [-0.15, -0.1) is 0 Å². The lowest BCUT2D eigenvalue weighted by molar-refractivity contribution is -0.131. The number of hydrogen-bond acceptors (Lipinski definition) is 3. The largest absolute Gasteiger partial charge is 0.348 e. The third-order valence-corrected chi connectivity index (χ3v) is 1.24. The predicted molar refractivity (Wildman–Crippen MR) is 30.6 cm³/mol. The van der Waals surface area contributed by atoms with Crippen molar-refractivity contribution in [3.8, 4) is 0 Å². The minimum Gasteiger partial charge on any atom is -0.348 e. The maximum atomic E-state index is 10.6. The Kier molecular flexibility index (Phi) is 1.48. The summed E-state index contributed by atoms with van der Waals surface area (Å²) in [5.74, 6) is -0.225. The first-order valence-electron chi connectivity index (χ1n) is 2.75. The second-order valence-corrected chi connectivity index (χ2v) is 2.07. The van der Waals surface area contributed by atoms with Crippen LogP contribution in [0.3, 0.4) is 0 Å². The smallest absolute Gasteiger partial charge is 0.237 e. The summed E-state index contributed by atoms with van der Waals surface area (Å²) in [6, 6.07) is -0.619. The van der Waals surface area contributed by atoms with Crippen LogP contribution in [0.4, 0.5) is 0 Å².